The molecule has 1 N–H and O–H groups in total. The highest BCUT2D eigenvalue weighted by Crippen LogP contribution is 2.39. The lowest BCUT2D eigenvalue weighted by Crippen LogP contribution is -2.45. The van der Waals surface area contributed by atoms with E-state index in [9.17, 15) is 0 Å². The molecule has 0 bridgehead atoms. The van der Waals surface area contributed by atoms with Crippen molar-refractivity contribution in [3.63, 3.8) is 0 Å². The van der Waals surface area contributed by atoms with E-state index in [1.807, 2.05) is 11.8 Å². The van der Waals surface area contributed by atoms with Crippen molar-refractivity contribution in [2.45, 2.75) is 64.8 Å². The van der Waals surface area contributed by atoms with Gasteiger partial charge in [0.1, 0.15) is 0 Å². The molecule has 0 atom stereocenters. The SMILES string of the molecule is CSCCC1(CNC(C)(C)C)CCCCC1. The zero-order chi connectivity index (χ0) is 12.1. The van der Waals surface area contributed by atoms with E-state index < -0.39 is 0 Å². The average Bonchev–Trinajstić information content (AvgIpc) is 2.24. The Morgan fingerprint density at radius 3 is 2.25 bits per heavy atom. The number of thioether (sulfide) groups is 1. The minimum atomic E-state index is 0.268. The van der Waals surface area contributed by atoms with Crippen molar-refractivity contribution in [3.8, 4) is 0 Å². The van der Waals surface area contributed by atoms with Crippen molar-refractivity contribution in [1.29, 1.82) is 0 Å². The van der Waals surface area contributed by atoms with Crippen LogP contribution in [0.2, 0.25) is 0 Å². The van der Waals surface area contributed by atoms with Gasteiger partial charge in [0.15, 0.2) is 0 Å². The Labute approximate surface area is 106 Å². The lowest BCUT2D eigenvalue weighted by Gasteiger charge is -2.40. The predicted molar refractivity (Wildman–Crippen MR) is 76.3 cm³/mol. The molecule has 0 aliphatic heterocycles. The molecular formula is C14H29NS. The van der Waals surface area contributed by atoms with Crippen LogP contribution in [0.25, 0.3) is 0 Å². The van der Waals surface area contributed by atoms with Crippen LogP contribution in [0.15, 0.2) is 0 Å². The van der Waals surface area contributed by atoms with Gasteiger partial charge in [0.05, 0.1) is 0 Å². The van der Waals surface area contributed by atoms with Gasteiger partial charge in [-0.1, -0.05) is 19.3 Å². The van der Waals surface area contributed by atoms with Crippen LogP contribution in [0.3, 0.4) is 0 Å². The Morgan fingerprint density at radius 1 is 1.12 bits per heavy atom. The maximum absolute atomic E-state index is 3.73. The maximum atomic E-state index is 3.73. The van der Waals surface area contributed by atoms with Crippen LogP contribution in [-0.4, -0.2) is 24.1 Å². The first-order chi connectivity index (χ1) is 7.47. The second-order valence-electron chi connectivity index (χ2n) is 6.41. The Morgan fingerprint density at radius 2 is 1.75 bits per heavy atom. The van der Waals surface area contributed by atoms with Crippen LogP contribution >= 0.6 is 11.8 Å². The molecule has 0 aromatic carbocycles. The molecular weight excluding hydrogens is 214 g/mol. The third-order valence-corrected chi connectivity index (χ3v) is 4.36. The summed E-state index contributed by atoms with van der Waals surface area (Å²) in [6, 6.07) is 0. The molecule has 0 spiro atoms. The van der Waals surface area contributed by atoms with Crippen LogP contribution in [0.1, 0.15) is 59.3 Å². The van der Waals surface area contributed by atoms with E-state index in [1.54, 1.807) is 0 Å². The summed E-state index contributed by atoms with van der Waals surface area (Å²) in [6.45, 7) is 8.05. The summed E-state index contributed by atoms with van der Waals surface area (Å²) < 4.78 is 0. The zero-order valence-corrected chi connectivity index (χ0v) is 12.4. The molecule has 0 aromatic heterocycles. The zero-order valence-electron chi connectivity index (χ0n) is 11.6. The standard InChI is InChI=1S/C14H29NS/c1-13(2,3)15-12-14(10-11-16-4)8-6-5-7-9-14/h15H,5-12H2,1-4H3. The summed E-state index contributed by atoms with van der Waals surface area (Å²) in [4.78, 5) is 0. The molecule has 0 aromatic rings. The highest BCUT2D eigenvalue weighted by molar-refractivity contribution is 7.98. The molecule has 0 amide bonds. The van der Waals surface area contributed by atoms with Gasteiger partial charge in [-0.25, -0.2) is 0 Å². The lowest BCUT2D eigenvalue weighted by atomic mass is 9.72. The molecule has 0 radical (unpaired) electrons. The highest BCUT2D eigenvalue weighted by Gasteiger charge is 2.32. The Kier molecular flexibility index (Phi) is 5.66. The molecule has 1 aliphatic carbocycles. The van der Waals surface area contributed by atoms with E-state index in [1.165, 1.54) is 50.8 Å². The molecule has 1 fully saturated rings. The summed E-state index contributed by atoms with van der Waals surface area (Å²) >= 11 is 2.00. The van der Waals surface area contributed by atoms with E-state index in [0.717, 1.165) is 0 Å². The van der Waals surface area contributed by atoms with Crippen LogP contribution < -0.4 is 5.32 Å². The number of hydrogen-bond donors (Lipinski definition) is 1. The van der Waals surface area contributed by atoms with Gasteiger partial charge in [0.2, 0.25) is 0 Å². The predicted octanol–water partition coefficient (Wildman–Crippen LogP) is 4.08. The van der Waals surface area contributed by atoms with E-state index in [4.69, 9.17) is 0 Å². The molecule has 1 aliphatic rings. The number of hydrogen-bond acceptors (Lipinski definition) is 2. The largest absolute Gasteiger partial charge is 0.312 e. The second kappa shape index (κ2) is 6.30. The molecule has 0 unspecified atom stereocenters. The lowest BCUT2D eigenvalue weighted by molar-refractivity contribution is 0.161. The van der Waals surface area contributed by atoms with Crippen molar-refractivity contribution in [1.82, 2.24) is 5.32 Å². The van der Waals surface area contributed by atoms with Crippen LogP contribution in [-0.2, 0) is 0 Å². The smallest absolute Gasteiger partial charge is 0.00967 e. The summed E-state index contributed by atoms with van der Waals surface area (Å²) in [5, 5.41) is 3.73. The summed E-state index contributed by atoms with van der Waals surface area (Å²) in [7, 11) is 0. The van der Waals surface area contributed by atoms with Crippen LogP contribution in [0.4, 0.5) is 0 Å². The number of nitrogens with one attached hydrogen (secondary N) is 1. The van der Waals surface area contributed by atoms with Crippen molar-refractivity contribution in [2.24, 2.45) is 5.41 Å². The van der Waals surface area contributed by atoms with Crippen molar-refractivity contribution in [2.75, 3.05) is 18.6 Å². The highest BCUT2D eigenvalue weighted by atomic mass is 32.2. The van der Waals surface area contributed by atoms with Crippen molar-refractivity contribution in [3.05, 3.63) is 0 Å². The minimum Gasteiger partial charge on any atom is -0.312 e. The monoisotopic (exact) mass is 243 g/mol. The molecule has 0 heterocycles. The second-order valence-corrected chi connectivity index (χ2v) is 7.39. The van der Waals surface area contributed by atoms with Gasteiger partial charge in [-0.3, -0.25) is 0 Å². The van der Waals surface area contributed by atoms with Gasteiger partial charge in [-0.2, -0.15) is 11.8 Å². The normalized spacial score (nSPS) is 21.0. The molecule has 16 heavy (non-hydrogen) atoms. The summed E-state index contributed by atoms with van der Waals surface area (Å²) in [5.74, 6) is 1.33. The molecule has 1 saturated carbocycles. The minimum absolute atomic E-state index is 0.268. The van der Waals surface area contributed by atoms with E-state index in [-0.39, 0.29) is 5.54 Å². The molecule has 96 valence electrons. The van der Waals surface area contributed by atoms with Crippen LogP contribution in [0.5, 0.6) is 0 Å². The first-order valence-corrected chi connectivity index (χ1v) is 8.11. The van der Waals surface area contributed by atoms with Gasteiger partial charge in [0.25, 0.3) is 0 Å². The van der Waals surface area contributed by atoms with Crippen LogP contribution in [0, 0.1) is 5.41 Å². The Balaban J connectivity index is 2.48. The van der Waals surface area contributed by atoms with E-state index >= 15 is 0 Å². The summed E-state index contributed by atoms with van der Waals surface area (Å²) in [5.41, 5.74) is 0.873. The molecule has 1 nitrogen and oxygen atoms in total. The summed E-state index contributed by atoms with van der Waals surface area (Å²) in [6.07, 6.45) is 10.9. The van der Waals surface area contributed by atoms with Gasteiger partial charge in [0, 0.05) is 12.1 Å². The third kappa shape index (κ3) is 5.09. The topological polar surface area (TPSA) is 12.0 Å². The van der Waals surface area contributed by atoms with Gasteiger partial charge < -0.3 is 5.32 Å². The average molecular weight is 243 g/mol. The van der Waals surface area contributed by atoms with Gasteiger partial charge >= 0.3 is 0 Å². The quantitative estimate of drug-likeness (QED) is 0.781. The first kappa shape index (κ1) is 14.4. The third-order valence-electron chi connectivity index (χ3n) is 3.74. The fourth-order valence-corrected chi connectivity index (χ4v) is 3.23. The fraction of sp³-hybridized carbons (Fsp3) is 1.00. The van der Waals surface area contributed by atoms with Gasteiger partial charge in [-0.15, -0.1) is 0 Å². The Hall–Kier alpha value is 0.310. The first-order valence-electron chi connectivity index (χ1n) is 6.71. The molecule has 1 rings (SSSR count). The van der Waals surface area contributed by atoms with E-state index in [2.05, 4.69) is 32.3 Å². The van der Waals surface area contributed by atoms with Gasteiger partial charge in [-0.05, 0) is 57.5 Å². The Bertz CT molecular complexity index is 189. The van der Waals surface area contributed by atoms with Crippen molar-refractivity contribution >= 4 is 11.8 Å². The van der Waals surface area contributed by atoms with Crippen molar-refractivity contribution < 1.29 is 0 Å². The molecule has 2 heteroatoms. The fourth-order valence-electron chi connectivity index (χ4n) is 2.59. The molecule has 0 saturated heterocycles. The maximum Gasteiger partial charge on any atom is 0.00967 e. The number of rotatable bonds is 5. The van der Waals surface area contributed by atoms with E-state index in [0.29, 0.717) is 5.41 Å².